The van der Waals surface area contributed by atoms with Gasteiger partial charge in [0.15, 0.2) is 0 Å². The van der Waals surface area contributed by atoms with Crippen LogP contribution in [0.4, 0.5) is 0 Å². The average molecular weight is 314 g/mol. The standard InChI is InChI=1S/C13H27N3O.2ClH/c1-11-4-8-16(9-5-11)7-3-6-15-13(17)12(2)10-14;;/h11-12H,3-10,14H2,1-2H3,(H,15,17);2*1H. The molecular weight excluding hydrogens is 285 g/mol. The number of likely N-dealkylation sites (tertiary alicyclic amines) is 1. The summed E-state index contributed by atoms with van der Waals surface area (Å²) in [5.74, 6) is 0.905. The summed E-state index contributed by atoms with van der Waals surface area (Å²) >= 11 is 0. The van der Waals surface area contributed by atoms with Crippen molar-refractivity contribution in [3.63, 3.8) is 0 Å². The van der Waals surface area contributed by atoms with Crippen LogP contribution < -0.4 is 11.1 Å². The van der Waals surface area contributed by atoms with Gasteiger partial charge in [-0.2, -0.15) is 0 Å². The second kappa shape index (κ2) is 11.8. The number of hydrogen-bond donors (Lipinski definition) is 2. The Morgan fingerprint density at radius 2 is 1.95 bits per heavy atom. The van der Waals surface area contributed by atoms with E-state index in [-0.39, 0.29) is 36.6 Å². The summed E-state index contributed by atoms with van der Waals surface area (Å²) in [5, 5.41) is 2.94. The van der Waals surface area contributed by atoms with Gasteiger partial charge >= 0.3 is 0 Å². The number of carbonyl (C=O) groups excluding carboxylic acids is 1. The quantitative estimate of drug-likeness (QED) is 0.733. The van der Waals surface area contributed by atoms with Crippen LogP contribution in [0.5, 0.6) is 0 Å². The normalized spacial score (nSPS) is 18.1. The molecule has 1 unspecified atom stereocenters. The Balaban J connectivity index is 0. The molecule has 0 aromatic heterocycles. The number of halogens is 2. The van der Waals surface area contributed by atoms with Crippen LogP contribution in [0.15, 0.2) is 0 Å². The molecular formula is C13H29Cl2N3O. The number of nitrogens with one attached hydrogen (secondary N) is 1. The second-order valence-corrected chi connectivity index (χ2v) is 5.31. The van der Waals surface area contributed by atoms with E-state index in [2.05, 4.69) is 17.1 Å². The van der Waals surface area contributed by atoms with Gasteiger partial charge in [0.05, 0.1) is 0 Å². The fourth-order valence-corrected chi connectivity index (χ4v) is 2.08. The van der Waals surface area contributed by atoms with Crippen LogP contribution >= 0.6 is 24.8 Å². The molecule has 1 atom stereocenters. The lowest BCUT2D eigenvalue weighted by Gasteiger charge is -2.30. The molecule has 6 heteroatoms. The van der Waals surface area contributed by atoms with Crippen molar-refractivity contribution in [2.45, 2.75) is 33.1 Å². The Kier molecular flexibility index (Phi) is 13.2. The van der Waals surface area contributed by atoms with Crippen molar-refractivity contribution in [3.8, 4) is 0 Å². The molecule has 1 heterocycles. The number of nitrogens with two attached hydrogens (primary N) is 1. The molecule has 0 aromatic rings. The van der Waals surface area contributed by atoms with Gasteiger partial charge in [0.25, 0.3) is 0 Å². The zero-order valence-corrected chi connectivity index (χ0v) is 13.7. The smallest absolute Gasteiger partial charge is 0.224 e. The van der Waals surface area contributed by atoms with Crippen LogP contribution in [-0.2, 0) is 4.79 Å². The molecule has 1 amide bonds. The summed E-state index contributed by atoms with van der Waals surface area (Å²) < 4.78 is 0. The third kappa shape index (κ3) is 8.69. The van der Waals surface area contributed by atoms with Crippen molar-refractivity contribution in [3.05, 3.63) is 0 Å². The Labute approximate surface area is 129 Å². The first-order valence-corrected chi connectivity index (χ1v) is 6.83. The van der Waals surface area contributed by atoms with Gasteiger partial charge in [-0.05, 0) is 44.8 Å². The highest BCUT2D eigenvalue weighted by Crippen LogP contribution is 2.15. The minimum atomic E-state index is -0.0640. The van der Waals surface area contributed by atoms with Crippen molar-refractivity contribution in [1.82, 2.24) is 10.2 Å². The summed E-state index contributed by atoms with van der Waals surface area (Å²) in [7, 11) is 0. The Morgan fingerprint density at radius 1 is 1.37 bits per heavy atom. The molecule has 19 heavy (non-hydrogen) atoms. The number of amides is 1. The molecule has 1 aliphatic rings. The SMILES string of the molecule is CC1CCN(CCCNC(=O)C(C)CN)CC1.Cl.Cl. The fraction of sp³-hybridized carbons (Fsp3) is 0.923. The second-order valence-electron chi connectivity index (χ2n) is 5.31. The predicted octanol–water partition coefficient (Wildman–Crippen LogP) is 1.66. The summed E-state index contributed by atoms with van der Waals surface area (Å²) in [6.07, 6.45) is 3.67. The molecule has 4 nitrogen and oxygen atoms in total. The highest BCUT2D eigenvalue weighted by atomic mass is 35.5. The lowest BCUT2D eigenvalue weighted by Crippen LogP contribution is -2.37. The van der Waals surface area contributed by atoms with E-state index >= 15 is 0 Å². The Bertz CT molecular complexity index is 234. The first-order valence-electron chi connectivity index (χ1n) is 6.83. The molecule has 0 aromatic carbocycles. The first-order chi connectivity index (χ1) is 8.13. The van der Waals surface area contributed by atoms with E-state index in [0.717, 1.165) is 25.4 Å². The van der Waals surface area contributed by atoms with Crippen molar-refractivity contribution in [1.29, 1.82) is 0 Å². The maximum Gasteiger partial charge on any atom is 0.224 e. The minimum Gasteiger partial charge on any atom is -0.356 e. The molecule has 0 aliphatic carbocycles. The zero-order chi connectivity index (χ0) is 12.7. The maximum atomic E-state index is 11.5. The molecule has 1 rings (SSSR count). The van der Waals surface area contributed by atoms with E-state index in [0.29, 0.717) is 6.54 Å². The minimum absolute atomic E-state index is 0. The van der Waals surface area contributed by atoms with Crippen molar-refractivity contribution < 1.29 is 4.79 Å². The van der Waals surface area contributed by atoms with Gasteiger partial charge in [-0.15, -0.1) is 24.8 Å². The van der Waals surface area contributed by atoms with Gasteiger partial charge in [0, 0.05) is 19.0 Å². The third-order valence-electron chi connectivity index (χ3n) is 3.63. The molecule has 0 saturated carbocycles. The van der Waals surface area contributed by atoms with Gasteiger partial charge in [-0.3, -0.25) is 4.79 Å². The topological polar surface area (TPSA) is 58.4 Å². The molecule has 0 spiro atoms. The van der Waals surface area contributed by atoms with E-state index in [9.17, 15) is 4.79 Å². The summed E-state index contributed by atoms with van der Waals surface area (Å²) in [6.45, 7) is 8.92. The first kappa shape index (κ1) is 21.3. The molecule has 1 aliphatic heterocycles. The third-order valence-corrected chi connectivity index (χ3v) is 3.63. The van der Waals surface area contributed by atoms with E-state index in [1.54, 1.807) is 0 Å². The average Bonchev–Trinajstić information content (AvgIpc) is 2.35. The van der Waals surface area contributed by atoms with Gasteiger partial charge in [0.2, 0.25) is 5.91 Å². The molecule has 0 bridgehead atoms. The van der Waals surface area contributed by atoms with Crippen molar-refractivity contribution >= 4 is 30.7 Å². The van der Waals surface area contributed by atoms with Crippen LogP contribution in [-0.4, -0.2) is 43.5 Å². The van der Waals surface area contributed by atoms with Gasteiger partial charge in [-0.25, -0.2) is 0 Å². The van der Waals surface area contributed by atoms with E-state index in [1.807, 2.05) is 6.92 Å². The number of piperidine rings is 1. The number of rotatable bonds is 6. The Hall–Kier alpha value is -0.0300. The number of hydrogen-bond acceptors (Lipinski definition) is 3. The van der Waals surface area contributed by atoms with Crippen LogP contribution in [0, 0.1) is 11.8 Å². The van der Waals surface area contributed by atoms with Crippen molar-refractivity contribution in [2.24, 2.45) is 17.6 Å². The highest BCUT2D eigenvalue weighted by Gasteiger charge is 2.15. The number of nitrogens with zero attached hydrogens (tertiary/aromatic N) is 1. The monoisotopic (exact) mass is 313 g/mol. The summed E-state index contributed by atoms with van der Waals surface area (Å²) in [6, 6.07) is 0. The van der Waals surface area contributed by atoms with Crippen LogP contribution in [0.25, 0.3) is 0 Å². The summed E-state index contributed by atoms with van der Waals surface area (Å²) in [5.41, 5.74) is 5.44. The van der Waals surface area contributed by atoms with Crippen LogP contribution in [0.3, 0.4) is 0 Å². The van der Waals surface area contributed by atoms with Gasteiger partial charge in [-0.1, -0.05) is 13.8 Å². The highest BCUT2D eigenvalue weighted by molar-refractivity contribution is 5.85. The fourth-order valence-electron chi connectivity index (χ4n) is 2.08. The maximum absolute atomic E-state index is 11.5. The van der Waals surface area contributed by atoms with E-state index in [4.69, 9.17) is 5.73 Å². The van der Waals surface area contributed by atoms with Crippen molar-refractivity contribution in [2.75, 3.05) is 32.7 Å². The summed E-state index contributed by atoms with van der Waals surface area (Å²) in [4.78, 5) is 14.0. The number of carbonyl (C=O) groups is 1. The molecule has 116 valence electrons. The largest absolute Gasteiger partial charge is 0.356 e. The predicted molar refractivity (Wildman–Crippen MR) is 85.2 cm³/mol. The molecule has 3 N–H and O–H groups in total. The van der Waals surface area contributed by atoms with Crippen LogP contribution in [0.1, 0.15) is 33.1 Å². The lowest BCUT2D eigenvalue weighted by atomic mass is 9.99. The van der Waals surface area contributed by atoms with Crippen LogP contribution in [0.2, 0.25) is 0 Å². The lowest BCUT2D eigenvalue weighted by molar-refractivity contribution is -0.124. The Morgan fingerprint density at radius 3 is 2.47 bits per heavy atom. The van der Waals surface area contributed by atoms with Gasteiger partial charge < -0.3 is 16.0 Å². The van der Waals surface area contributed by atoms with E-state index < -0.39 is 0 Å². The van der Waals surface area contributed by atoms with E-state index in [1.165, 1.54) is 25.9 Å². The molecule has 0 radical (unpaired) electrons. The van der Waals surface area contributed by atoms with Gasteiger partial charge in [0.1, 0.15) is 0 Å². The molecule has 1 fully saturated rings. The molecule has 1 saturated heterocycles. The zero-order valence-electron chi connectivity index (χ0n) is 12.1.